The molecule has 0 saturated heterocycles. The molecule has 0 spiro atoms. The number of aryl methyl sites for hydroxylation is 1. The number of aromatic nitrogens is 2. The van der Waals surface area contributed by atoms with Crippen LogP contribution in [0.3, 0.4) is 0 Å². The summed E-state index contributed by atoms with van der Waals surface area (Å²) in [6.07, 6.45) is 12.6. The Hall–Kier alpha value is -2.21. The third kappa shape index (κ3) is 4.45. The zero-order chi connectivity index (χ0) is 17.5. The van der Waals surface area contributed by atoms with Crippen molar-refractivity contribution in [1.29, 1.82) is 0 Å². The molecule has 25 heavy (non-hydrogen) atoms. The molecule has 1 aliphatic rings. The molecule has 3 N–H and O–H groups in total. The van der Waals surface area contributed by atoms with E-state index in [0.717, 1.165) is 56.0 Å². The van der Waals surface area contributed by atoms with Crippen LogP contribution in [0.5, 0.6) is 0 Å². The summed E-state index contributed by atoms with van der Waals surface area (Å²) < 4.78 is 0. The third-order valence-corrected chi connectivity index (χ3v) is 4.82. The van der Waals surface area contributed by atoms with Gasteiger partial charge in [0, 0.05) is 35.9 Å². The molecular formula is C19H26N4O2. The fraction of sp³-hybridized carbons (Fsp3) is 0.526. The highest BCUT2D eigenvalue weighted by atomic mass is 16.5. The second kappa shape index (κ2) is 8.76. The van der Waals surface area contributed by atoms with Crippen LogP contribution >= 0.6 is 0 Å². The first-order chi connectivity index (χ1) is 12.3. The van der Waals surface area contributed by atoms with Gasteiger partial charge in [0.15, 0.2) is 0 Å². The zero-order valence-electron chi connectivity index (χ0n) is 14.6. The van der Waals surface area contributed by atoms with Crippen molar-refractivity contribution in [2.75, 3.05) is 11.9 Å². The lowest BCUT2D eigenvalue weighted by atomic mass is 9.93. The lowest BCUT2D eigenvalue weighted by Crippen LogP contribution is -2.17. The second-order valence-electron chi connectivity index (χ2n) is 6.64. The van der Waals surface area contributed by atoms with Gasteiger partial charge in [-0.05, 0) is 50.2 Å². The largest absolute Gasteiger partial charge is 0.384 e. The molecule has 0 atom stereocenters. The van der Waals surface area contributed by atoms with E-state index in [0.29, 0.717) is 6.42 Å². The highest BCUT2D eigenvalue weighted by molar-refractivity contribution is 5.93. The zero-order valence-corrected chi connectivity index (χ0v) is 14.6. The summed E-state index contributed by atoms with van der Waals surface area (Å²) in [6, 6.07) is 2.05. The molecule has 2 heterocycles. The maximum absolute atomic E-state index is 11.0. The number of hydrogen-bond acceptors (Lipinski definition) is 5. The van der Waals surface area contributed by atoms with Gasteiger partial charge in [0.2, 0.25) is 5.91 Å². The SMILES string of the molecule is O=C(CCCCCCNc1c2c(nc3cnccc13)CCCC2)NO. The van der Waals surface area contributed by atoms with E-state index in [1.807, 2.05) is 18.5 Å². The number of nitrogens with one attached hydrogen (secondary N) is 2. The van der Waals surface area contributed by atoms with Crippen molar-refractivity contribution in [2.45, 2.75) is 57.8 Å². The van der Waals surface area contributed by atoms with Crippen LogP contribution in [-0.4, -0.2) is 27.6 Å². The van der Waals surface area contributed by atoms with E-state index >= 15 is 0 Å². The number of rotatable bonds is 8. The number of carbonyl (C=O) groups excluding carboxylic acids is 1. The van der Waals surface area contributed by atoms with Gasteiger partial charge in [0.05, 0.1) is 11.7 Å². The number of hydroxylamine groups is 1. The summed E-state index contributed by atoms with van der Waals surface area (Å²) in [4.78, 5) is 20.0. The molecule has 0 fully saturated rings. The standard InChI is InChI=1S/C19H26N4O2/c24-18(23-25)9-3-1-2-6-11-21-19-14-7-4-5-8-16(14)22-17-13-20-12-10-15(17)19/h10,12-13,25H,1-9,11H2,(H,21,22)(H,23,24). The number of nitrogens with zero attached hydrogens (tertiary/aromatic N) is 2. The van der Waals surface area contributed by atoms with E-state index in [1.54, 1.807) is 5.48 Å². The molecule has 3 rings (SSSR count). The molecule has 1 aliphatic carbocycles. The Bertz CT molecular complexity index is 733. The molecule has 0 aromatic carbocycles. The first-order valence-electron chi connectivity index (χ1n) is 9.22. The molecule has 0 aliphatic heterocycles. The Balaban J connectivity index is 1.58. The first kappa shape index (κ1) is 17.6. The lowest BCUT2D eigenvalue weighted by molar-refractivity contribution is -0.129. The predicted octanol–water partition coefficient (Wildman–Crippen LogP) is 3.38. The van der Waals surface area contributed by atoms with E-state index in [9.17, 15) is 4.79 Å². The molecule has 0 radical (unpaired) electrons. The van der Waals surface area contributed by atoms with Crippen LogP contribution in [0.2, 0.25) is 0 Å². The molecule has 6 heteroatoms. The van der Waals surface area contributed by atoms with Gasteiger partial charge in [-0.2, -0.15) is 0 Å². The number of anilines is 1. The molecule has 0 saturated carbocycles. The first-order valence-corrected chi connectivity index (χ1v) is 9.22. The van der Waals surface area contributed by atoms with Gasteiger partial charge in [-0.1, -0.05) is 12.8 Å². The highest BCUT2D eigenvalue weighted by Gasteiger charge is 2.17. The van der Waals surface area contributed by atoms with Crippen LogP contribution in [0.4, 0.5) is 5.69 Å². The number of fused-ring (bicyclic) bond motifs is 2. The molecule has 2 aromatic rings. The summed E-state index contributed by atoms with van der Waals surface area (Å²) in [5.41, 5.74) is 6.49. The molecule has 134 valence electrons. The van der Waals surface area contributed by atoms with Crippen LogP contribution < -0.4 is 10.8 Å². The predicted molar refractivity (Wildman–Crippen MR) is 97.7 cm³/mol. The van der Waals surface area contributed by atoms with Crippen LogP contribution in [-0.2, 0) is 17.6 Å². The van der Waals surface area contributed by atoms with E-state index in [-0.39, 0.29) is 5.91 Å². The molecule has 0 unspecified atom stereocenters. The summed E-state index contributed by atoms with van der Waals surface area (Å²) in [5, 5.41) is 13.3. The monoisotopic (exact) mass is 342 g/mol. The van der Waals surface area contributed by atoms with Gasteiger partial charge in [-0.25, -0.2) is 5.48 Å². The van der Waals surface area contributed by atoms with Crippen LogP contribution in [0, 0.1) is 0 Å². The van der Waals surface area contributed by atoms with Crippen molar-refractivity contribution in [2.24, 2.45) is 0 Å². The minimum atomic E-state index is -0.304. The number of unbranched alkanes of at least 4 members (excludes halogenated alkanes) is 3. The van der Waals surface area contributed by atoms with Gasteiger partial charge in [0.1, 0.15) is 0 Å². The smallest absolute Gasteiger partial charge is 0.243 e. The second-order valence-corrected chi connectivity index (χ2v) is 6.64. The Morgan fingerprint density at radius 2 is 2.00 bits per heavy atom. The normalized spacial score (nSPS) is 13.5. The molecule has 0 bridgehead atoms. The summed E-state index contributed by atoms with van der Waals surface area (Å²) in [6.45, 7) is 0.917. The minimum Gasteiger partial charge on any atom is -0.384 e. The van der Waals surface area contributed by atoms with Gasteiger partial charge in [0.25, 0.3) is 0 Å². The molecule has 6 nitrogen and oxygen atoms in total. The van der Waals surface area contributed by atoms with Crippen molar-refractivity contribution in [3.05, 3.63) is 29.7 Å². The van der Waals surface area contributed by atoms with E-state index in [4.69, 9.17) is 10.2 Å². The van der Waals surface area contributed by atoms with Gasteiger partial charge < -0.3 is 5.32 Å². The average Bonchev–Trinajstić information content (AvgIpc) is 2.66. The molecule has 1 amide bonds. The number of carbonyl (C=O) groups is 1. The van der Waals surface area contributed by atoms with Crippen molar-refractivity contribution >= 4 is 22.5 Å². The maximum atomic E-state index is 11.0. The fourth-order valence-corrected chi connectivity index (χ4v) is 3.51. The molecule has 2 aromatic heterocycles. The number of pyridine rings is 2. The quantitative estimate of drug-likeness (QED) is 0.389. The van der Waals surface area contributed by atoms with E-state index < -0.39 is 0 Å². The summed E-state index contributed by atoms with van der Waals surface area (Å²) >= 11 is 0. The summed E-state index contributed by atoms with van der Waals surface area (Å²) in [7, 11) is 0. The van der Waals surface area contributed by atoms with Gasteiger partial charge >= 0.3 is 0 Å². The van der Waals surface area contributed by atoms with Crippen LogP contribution in [0.25, 0.3) is 10.9 Å². The van der Waals surface area contributed by atoms with Gasteiger partial charge in [-0.3, -0.25) is 20.0 Å². The van der Waals surface area contributed by atoms with Crippen molar-refractivity contribution in [1.82, 2.24) is 15.4 Å². The Labute approximate surface area is 148 Å². The maximum Gasteiger partial charge on any atom is 0.243 e. The molecular weight excluding hydrogens is 316 g/mol. The topological polar surface area (TPSA) is 87.1 Å². The van der Waals surface area contributed by atoms with Crippen LogP contribution in [0.15, 0.2) is 18.5 Å². The van der Waals surface area contributed by atoms with E-state index in [1.165, 1.54) is 29.8 Å². The van der Waals surface area contributed by atoms with Crippen molar-refractivity contribution in [3.8, 4) is 0 Å². The van der Waals surface area contributed by atoms with Crippen LogP contribution in [0.1, 0.15) is 56.2 Å². The number of amides is 1. The van der Waals surface area contributed by atoms with E-state index in [2.05, 4.69) is 10.3 Å². The number of hydrogen-bond donors (Lipinski definition) is 3. The lowest BCUT2D eigenvalue weighted by Gasteiger charge is -2.21. The fourth-order valence-electron chi connectivity index (χ4n) is 3.51. The highest BCUT2D eigenvalue weighted by Crippen LogP contribution is 2.32. The third-order valence-electron chi connectivity index (χ3n) is 4.82. The Morgan fingerprint density at radius 1 is 1.16 bits per heavy atom. The van der Waals surface area contributed by atoms with Crippen molar-refractivity contribution in [3.63, 3.8) is 0 Å². The van der Waals surface area contributed by atoms with Gasteiger partial charge in [-0.15, -0.1) is 0 Å². The average molecular weight is 342 g/mol. The summed E-state index contributed by atoms with van der Waals surface area (Å²) in [5.74, 6) is -0.304. The van der Waals surface area contributed by atoms with Crippen molar-refractivity contribution < 1.29 is 10.0 Å². The minimum absolute atomic E-state index is 0.304. The Kier molecular flexibility index (Phi) is 6.17. The Morgan fingerprint density at radius 3 is 2.88 bits per heavy atom.